The van der Waals surface area contributed by atoms with Crippen LogP contribution in [0.4, 0.5) is 0 Å². The number of Topliss-reactive ketones (excluding diaryl/α,β-unsaturated/α-hetero) is 1. The minimum atomic E-state index is 0.272. The number of nitrogens with zero attached hydrogens (tertiary/aromatic N) is 1. The van der Waals surface area contributed by atoms with Gasteiger partial charge in [-0.05, 0) is 98.2 Å². The number of ketones is 1. The predicted molar refractivity (Wildman–Crippen MR) is 121 cm³/mol. The van der Waals surface area contributed by atoms with Gasteiger partial charge in [0.1, 0.15) is 5.78 Å². The van der Waals surface area contributed by atoms with Crippen molar-refractivity contribution in [3.8, 4) is 0 Å². The van der Waals surface area contributed by atoms with E-state index in [2.05, 4.69) is 25.7 Å². The molecule has 1 saturated heterocycles. The van der Waals surface area contributed by atoms with Gasteiger partial charge in [0, 0.05) is 19.0 Å². The fourth-order valence-electron chi connectivity index (χ4n) is 9.59. The van der Waals surface area contributed by atoms with E-state index in [1.807, 2.05) is 0 Å². The molecule has 4 aliphatic carbocycles. The van der Waals surface area contributed by atoms with Gasteiger partial charge in [0.25, 0.3) is 0 Å². The first-order valence-electron chi connectivity index (χ1n) is 13.3. The van der Waals surface area contributed by atoms with Gasteiger partial charge in [-0.2, -0.15) is 0 Å². The van der Waals surface area contributed by atoms with Gasteiger partial charge in [0.2, 0.25) is 0 Å². The molecule has 0 aromatic carbocycles. The maximum atomic E-state index is 13.4. The van der Waals surface area contributed by atoms with Crippen LogP contribution in [0.15, 0.2) is 0 Å². The second kappa shape index (κ2) is 8.18. The molecule has 1 heterocycles. The third-order valence-electron chi connectivity index (χ3n) is 11.2. The minimum absolute atomic E-state index is 0.272. The van der Waals surface area contributed by atoms with Gasteiger partial charge < -0.3 is 4.74 Å². The van der Waals surface area contributed by atoms with Crippen molar-refractivity contribution in [3.63, 3.8) is 0 Å². The zero-order valence-corrected chi connectivity index (χ0v) is 19.8. The zero-order valence-electron chi connectivity index (χ0n) is 19.8. The molecule has 8 atom stereocenters. The number of carbonyl (C=O) groups is 1. The lowest BCUT2D eigenvalue weighted by Gasteiger charge is -2.62. The number of hydrogen-bond donors (Lipinski definition) is 0. The van der Waals surface area contributed by atoms with Gasteiger partial charge in [0.05, 0.1) is 19.8 Å². The molecule has 170 valence electrons. The lowest BCUT2D eigenvalue weighted by molar-refractivity contribution is -0.141. The van der Waals surface area contributed by atoms with Crippen LogP contribution in [0.25, 0.3) is 0 Å². The van der Waals surface area contributed by atoms with Crippen molar-refractivity contribution in [2.45, 2.75) is 85.0 Å². The summed E-state index contributed by atoms with van der Waals surface area (Å²) in [6.07, 6.45) is 13.9. The van der Waals surface area contributed by atoms with Crippen molar-refractivity contribution in [1.29, 1.82) is 0 Å². The molecule has 30 heavy (non-hydrogen) atoms. The number of ether oxygens (including phenoxy) is 1. The number of fused-ring (bicyclic) bond motifs is 5. The molecule has 0 spiro atoms. The average Bonchev–Trinajstić information content (AvgIpc) is 3.11. The molecule has 5 aliphatic rings. The first-order valence-corrected chi connectivity index (χ1v) is 13.3. The van der Waals surface area contributed by atoms with Crippen molar-refractivity contribution in [2.24, 2.45) is 46.3 Å². The standard InChI is InChI=1S/C27H45NO2/c1-4-27-12-9-19(2)17-20(27)5-6-21-22-7-8-24(26(22,3)11-10-23(21)27)25(29)18-28-13-15-30-16-14-28/h19-24H,4-18H2,1-3H3. The lowest BCUT2D eigenvalue weighted by Crippen LogP contribution is -2.55. The highest BCUT2D eigenvalue weighted by Gasteiger charge is 2.61. The zero-order chi connectivity index (χ0) is 20.9. The first-order chi connectivity index (χ1) is 14.5. The van der Waals surface area contributed by atoms with Crippen LogP contribution in [0.1, 0.15) is 85.0 Å². The van der Waals surface area contributed by atoms with E-state index < -0.39 is 0 Å². The molecule has 0 aromatic heterocycles. The van der Waals surface area contributed by atoms with E-state index in [-0.39, 0.29) is 5.41 Å². The van der Waals surface area contributed by atoms with E-state index in [1.165, 1.54) is 57.8 Å². The fraction of sp³-hybridized carbons (Fsp3) is 0.963. The van der Waals surface area contributed by atoms with E-state index in [9.17, 15) is 4.79 Å². The van der Waals surface area contributed by atoms with Crippen molar-refractivity contribution in [2.75, 3.05) is 32.8 Å². The molecule has 0 aromatic rings. The summed E-state index contributed by atoms with van der Waals surface area (Å²) >= 11 is 0. The highest BCUT2D eigenvalue weighted by molar-refractivity contribution is 5.84. The minimum Gasteiger partial charge on any atom is -0.379 e. The Labute approximate surface area is 184 Å². The maximum Gasteiger partial charge on any atom is 0.150 e. The van der Waals surface area contributed by atoms with E-state index >= 15 is 0 Å². The monoisotopic (exact) mass is 415 g/mol. The summed E-state index contributed by atoms with van der Waals surface area (Å²) in [5, 5.41) is 0. The molecule has 5 fully saturated rings. The summed E-state index contributed by atoms with van der Waals surface area (Å²) < 4.78 is 5.49. The number of hydrogen-bond acceptors (Lipinski definition) is 3. The molecule has 4 saturated carbocycles. The van der Waals surface area contributed by atoms with Crippen LogP contribution in [0, 0.1) is 46.3 Å². The number of morpholine rings is 1. The molecular formula is C27H45NO2. The Hall–Kier alpha value is -0.410. The predicted octanol–water partition coefficient (Wildman–Crippen LogP) is 5.57. The van der Waals surface area contributed by atoms with Crippen LogP contribution >= 0.6 is 0 Å². The molecular weight excluding hydrogens is 370 g/mol. The van der Waals surface area contributed by atoms with Crippen LogP contribution in [-0.2, 0) is 9.53 Å². The van der Waals surface area contributed by atoms with E-state index in [4.69, 9.17) is 4.74 Å². The molecule has 0 N–H and O–H groups in total. The van der Waals surface area contributed by atoms with Gasteiger partial charge in [0.15, 0.2) is 0 Å². The molecule has 3 nitrogen and oxygen atoms in total. The summed E-state index contributed by atoms with van der Waals surface area (Å²) in [7, 11) is 0. The molecule has 0 amide bonds. The lowest BCUT2D eigenvalue weighted by atomic mass is 9.43. The van der Waals surface area contributed by atoms with Gasteiger partial charge >= 0.3 is 0 Å². The summed E-state index contributed by atoms with van der Waals surface area (Å²) in [5.74, 6) is 5.43. The largest absolute Gasteiger partial charge is 0.379 e. The number of carbonyl (C=O) groups excluding carboxylic acids is 1. The normalized spacial score (nSPS) is 49.2. The Bertz CT molecular complexity index is 643. The molecule has 8 unspecified atom stereocenters. The molecule has 0 radical (unpaired) electrons. The molecule has 3 heteroatoms. The van der Waals surface area contributed by atoms with Crippen LogP contribution in [0.2, 0.25) is 0 Å². The highest BCUT2D eigenvalue weighted by Crippen LogP contribution is 2.68. The second-order valence-electron chi connectivity index (χ2n) is 12.1. The van der Waals surface area contributed by atoms with E-state index in [0.29, 0.717) is 23.7 Å². The summed E-state index contributed by atoms with van der Waals surface area (Å²) in [6, 6.07) is 0. The van der Waals surface area contributed by atoms with Gasteiger partial charge in [-0.3, -0.25) is 9.69 Å². The van der Waals surface area contributed by atoms with E-state index in [1.54, 1.807) is 0 Å². The SMILES string of the molecule is CCC12CCC(C)CC1CCC1C3CCC(C(=O)CN4CCOCC4)C3(C)CCC12. The third-order valence-corrected chi connectivity index (χ3v) is 11.2. The van der Waals surface area contributed by atoms with E-state index in [0.717, 1.165) is 62.3 Å². The maximum absolute atomic E-state index is 13.4. The van der Waals surface area contributed by atoms with Crippen molar-refractivity contribution in [1.82, 2.24) is 4.90 Å². The summed E-state index contributed by atoms with van der Waals surface area (Å²) in [5.41, 5.74) is 0.904. The van der Waals surface area contributed by atoms with Crippen molar-refractivity contribution in [3.05, 3.63) is 0 Å². The summed E-state index contributed by atoms with van der Waals surface area (Å²) in [6.45, 7) is 11.6. The molecule has 0 bridgehead atoms. The van der Waals surface area contributed by atoms with Crippen LogP contribution in [0.5, 0.6) is 0 Å². The Balaban J connectivity index is 1.33. The smallest absolute Gasteiger partial charge is 0.150 e. The Kier molecular flexibility index (Phi) is 5.84. The van der Waals surface area contributed by atoms with Gasteiger partial charge in [-0.1, -0.05) is 27.2 Å². The Morgan fingerprint density at radius 1 is 1.00 bits per heavy atom. The van der Waals surface area contributed by atoms with Gasteiger partial charge in [-0.15, -0.1) is 0 Å². The third kappa shape index (κ3) is 3.33. The Morgan fingerprint density at radius 3 is 2.57 bits per heavy atom. The average molecular weight is 416 g/mol. The van der Waals surface area contributed by atoms with Crippen LogP contribution in [-0.4, -0.2) is 43.5 Å². The quantitative estimate of drug-likeness (QED) is 0.601. The highest BCUT2D eigenvalue weighted by atomic mass is 16.5. The molecule has 1 aliphatic heterocycles. The topological polar surface area (TPSA) is 29.5 Å². The van der Waals surface area contributed by atoms with Crippen molar-refractivity contribution >= 4 is 5.78 Å². The van der Waals surface area contributed by atoms with Crippen LogP contribution < -0.4 is 0 Å². The fourth-order valence-corrected chi connectivity index (χ4v) is 9.59. The van der Waals surface area contributed by atoms with Crippen molar-refractivity contribution < 1.29 is 9.53 Å². The number of rotatable bonds is 4. The molecule has 5 rings (SSSR count). The van der Waals surface area contributed by atoms with Crippen LogP contribution in [0.3, 0.4) is 0 Å². The van der Waals surface area contributed by atoms with Gasteiger partial charge in [-0.25, -0.2) is 0 Å². The first kappa shape index (κ1) is 21.4. The second-order valence-corrected chi connectivity index (χ2v) is 12.1. The Morgan fingerprint density at radius 2 is 1.80 bits per heavy atom. The summed E-state index contributed by atoms with van der Waals surface area (Å²) in [4.78, 5) is 15.8.